The van der Waals surface area contributed by atoms with Crippen LogP contribution in [0.1, 0.15) is 39.5 Å². The van der Waals surface area contributed by atoms with Crippen molar-refractivity contribution in [3.8, 4) is 0 Å². The lowest BCUT2D eigenvalue weighted by Crippen LogP contribution is -2.34. The van der Waals surface area contributed by atoms with Gasteiger partial charge in [-0.25, -0.2) is 4.98 Å². The number of hydrogen-bond acceptors (Lipinski definition) is 5. The molecule has 0 N–H and O–H groups in total. The molecule has 1 amide bonds. The number of para-hydroxylation sites is 1. The number of amides is 1. The van der Waals surface area contributed by atoms with Crippen molar-refractivity contribution in [2.75, 3.05) is 25.4 Å². The topological polar surface area (TPSA) is 64.4 Å². The van der Waals surface area contributed by atoms with E-state index in [1.807, 2.05) is 23.1 Å². The maximum absolute atomic E-state index is 13.1. The average molecular weight is 404 g/mol. The van der Waals surface area contributed by atoms with Gasteiger partial charge in [-0.3, -0.25) is 14.2 Å². The molecule has 1 saturated heterocycles. The van der Waals surface area contributed by atoms with Crippen molar-refractivity contribution in [2.45, 2.75) is 57.3 Å². The number of hydrogen-bond donors (Lipinski definition) is 0. The van der Waals surface area contributed by atoms with Gasteiger partial charge in [0, 0.05) is 19.7 Å². The fraction of sp³-hybridized carbons (Fsp3) is 0.571. The van der Waals surface area contributed by atoms with Crippen LogP contribution >= 0.6 is 11.8 Å². The van der Waals surface area contributed by atoms with Crippen LogP contribution < -0.4 is 5.56 Å². The lowest BCUT2D eigenvalue weighted by molar-refractivity contribution is -0.128. The van der Waals surface area contributed by atoms with E-state index in [1.165, 1.54) is 11.8 Å². The molecule has 1 aliphatic rings. The highest BCUT2D eigenvalue weighted by Crippen LogP contribution is 2.21. The second-order valence-corrected chi connectivity index (χ2v) is 8.07. The predicted molar refractivity (Wildman–Crippen MR) is 113 cm³/mol. The van der Waals surface area contributed by atoms with E-state index in [-0.39, 0.29) is 23.3 Å². The van der Waals surface area contributed by atoms with Crippen molar-refractivity contribution in [1.29, 1.82) is 0 Å². The third kappa shape index (κ3) is 4.94. The molecule has 7 heteroatoms. The Kier molecular flexibility index (Phi) is 7.50. The molecule has 1 atom stereocenters. The monoisotopic (exact) mass is 403 g/mol. The Balaban J connectivity index is 1.85. The Hall–Kier alpha value is -1.86. The predicted octanol–water partition coefficient (Wildman–Crippen LogP) is 3.32. The number of ether oxygens (including phenoxy) is 1. The molecule has 1 aromatic heterocycles. The molecule has 0 aliphatic carbocycles. The van der Waals surface area contributed by atoms with Gasteiger partial charge in [-0.05, 0) is 37.8 Å². The Morgan fingerprint density at radius 1 is 1.29 bits per heavy atom. The number of rotatable bonds is 9. The second-order valence-electron chi connectivity index (χ2n) is 7.13. The minimum Gasteiger partial charge on any atom is -0.376 e. The molecule has 0 unspecified atom stereocenters. The molecule has 0 radical (unpaired) electrons. The quantitative estimate of drug-likeness (QED) is 0.475. The second kappa shape index (κ2) is 10.1. The molecular formula is C21H29N3O3S. The smallest absolute Gasteiger partial charge is 0.262 e. The maximum atomic E-state index is 13.1. The van der Waals surface area contributed by atoms with E-state index >= 15 is 0 Å². The molecule has 2 heterocycles. The Morgan fingerprint density at radius 2 is 2.04 bits per heavy atom. The molecule has 0 bridgehead atoms. The highest BCUT2D eigenvalue weighted by atomic mass is 32.2. The highest BCUT2D eigenvalue weighted by molar-refractivity contribution is 7.99. The Bertz CT molecular complexity index is 856. The van der Waals surface area contributed by atoms with Crippen molar-refractivity contribution >= 4 is 28.6 Å². The van der Waals surface area contributed by atoms with Gasteiger partial charge in [-0.2, -0.15) is 0 Å². The molecule has 2 aromatic rings. The molecule has 1 aliphatic heterocycles. The van der Waals surface area contributed by atoms with Crippen LogP contribution in [0.25, 0.3) is 10.9 Å². The fourth-order valence-corrected chi connectivity index (χ4v) is 4.44. The summed E-state index contributed by atoms with van der Waals surface area (Å²) in [6, 6.07) is 7.38. The van der Waals surface area contributed by atoms with Crippen molar-refractivity contribution in [1.82, 2.24) is 14.5 Å². The minimum absolute atomic E-state index is 0.0346. The third-order valence-electron chi connectivity index (χ3n) is 4.90. The lowest BCUT2D eigenvalue weighted by Gasteiger charge is -2.22. The van der Waals surface area contributed by atoms with Gasteiger partial charge in [0.25, 0.3) is 5.56 Å². The van der Waals surface area contributed by atoms with Gasteiger partial charge in [0.1, 0.15) is 0 Å². The summed E-state index contributed by atoms with van der Waals surface area (Å²) in [5.41, 5.74) is 0.611. The fourth-order valence-electron chi connectivity index (χ4n) is 3.53. The summed E-state index contributed by atoms with van der Waals surface area (Å²) >= 11 is 1.35. The van der Waals surface area contributed by atoms with Gasteiger partial charge >= 0.3 is 0 Å². The number of carbonyl (C=O) groups is 1. The van der Waals surface area contributed by atoms with Crippen LogP contribution in [-0.2, 0) is 16.1 Å². The largest absolute Gasteiger partial charge is 0.376 e. The molecule has 1 fully saturated rings. The maximum Gasteiger partial charge on any atom is 0.262 e. The van der Waals surface area contributed by atoms with Crippen LogP contribution in [0.2, 0.25) is 0 Å². The van der Waals surface area contributed by atoms with Crippen LogP contribution in [0.4, 0.5) is 0 Å². The van der Waals surface area contributed by atoms with E-state index in [4.69, 9.17) is 9.72 Å². The summed E-state index contributed by atoms with van der Waals surface area (Å²) in [5, 5.41) is 1.20. The van der Waals surface area contributed by atoms with Gasteiger partial charge in [0.2, 0.25) is 5.91 Å². The lowest BCUT2D eigenvalue weighted by atomic mass is 10.2. The number of nitrogens with zero attached hydrogens (tertiary/aromatic N) is 3. The SMILES string of the molecule is CCCN(CCC)C(=O)CSc1nc2ccccc2c(=O)n1C[C@H]1CCCO1. The molecule has 1 aromatic carbocycles. The normalized spacial score (nSPS) is 16.6. The van der Waals surface area contributed by atoms with Crippen LogP contribution in [0.15, 0.2) is 34.2 Å². The van der Waals surface area contributed by atoms with E-state index in [0.717, 1.165) is 45.4 Å². The summed E-state index contributed by atoms with van der Waals surface area (Å²) < 4.78 is 7.43. The first-order valence-electron chi connectivity index (χ1n) is 10.2. The molecule has 0 spiro atoms. The zero-order chi connectivity index (χ0) is 19.9. The molecule has 28 heavy (non-hydrogen) atoms. The van der Waals surface area contributed by atoms with Gasteiger partial charge in [0.15, 0.2) is 5.16 Å². The van der Waals surface area contributed by atoms with Gasteiger partial charge < -0.3 is 9.64 Å². The van der Waals surface area contributed by atoms with Crippen LogP contribution in [0.3, 0.4) is 0 Å². The number of thioether (sulfide) groups is 1. The number of fused-ring (bicyclic) bond motifs is 1. The van der Waals surface area contributed by atoms with Crippen molar-refractivity contribution in [3.05, 3.63) is 34.6 Å². The first kappa shape index (κ1) is 20.9. The van der Waals surface area contributed by atoms with E-state index in [2.05, 4.69) is 13.8 Å². The van der Waals surface area contributed by atoms with Crippen LogP contribution in [-0.4, -0.2) is 51.9 Å². The summed E-state index contributed by atoms with van der Waals surface area (Å²) in [7, 11) is 0. The Morgan fingerprint density at radius 3 is 2.71 bits per heavy atom. The number of carbonyl (C=O) groups excluding carboxylic acids is 1. The average Bonchev–Trinajstić information content (AvgIpc) is 3.21. The molecule has 0 saturated carbocycles. The summed E-state index contributed by atoms with van der Waals surface area (Å²) in [6.45, 7) is 6.91. The minimum atomic E-state index is -0.0602. The van der Waals surface area contributed by atoms with Crippen molar-refractivity contribution in [3.63, 3.8) is 0 Å². The zero-order valence-corrected chi connectivity index (χ0v) is 17.5. The summed E-state index contributed by atoms with van der Waals surface area (Å²) in [6.07, 6.45) is 3.88. The van der Waals surface area contributed by atoms with Crippen molar-refractivity contribution in [2.24, 2.45) is 0 Å². The van der Waals surface area contributed by atoms with E-state index in [0.29, 0.717) is 22.6 Å². The molecule has 6 nitrogen and oxygen atoms in total. The highest BCUT2D eigenvalue weighted by Gasteiger charge is 2.21. The van der Waals surface area contributed by atoms with Crippen molar-refractivity contribution < 1.29 is 9.53 Å². The molecular weight excluding hydrogens is 374 g/mol. The van der Waals surface area contributed by atoms with Crippen LogP contribution in [0.5, 0.6) is 0 Å². The van der Waals surface area contributed by atoms with Gasteiger partial charge in [-0.1, -0.05) is 37.7 Å². The van der Waals surface area contributed by atoms with E-state index in [9.17, 15) is 9.59 Å². The standard InChI is InChI=1S/C21H29N3O3S/c1-3-11-23(12-4-2)19(25)15-28-21-22-18-10-6-5-9-17(18)20(26)24(21)14-16-8-7-13-27-16/h5-6,9-10,16H,3-4,7-8,11-15H2,1-2H3/t16-/m1/s1. The van der Waals surface area contributed by atoms with Gasteiger partial charge in [0.05, 0.1) is 29.3 Å². The zero-order valence-electron chi connectivity index (χ0n) is 16.7. The number of benzene rings is 1. The summed E-state index contributed by atoms with van der Waals surface area (Å²) in [5.74, 6) is 0.385. The first-order valence-corrected chi connectivity index (χ1v) is 11.1. The Labute approximate surface area is 170 Å². The summed E-state index contributed by atoms with van der Waals surface area (Å²) in [4.78, 5) is 32.3. The molecule has 152 valence electrons. The molecule has 3 rings (SSSR count). The first-order chi connectivity index (χ1) is 13.6. The van der Waals surface area contributed by atoms with Crippen LogP contribution in [0, 0.1) is 0 Å². The van der Waals surface area contributed by atoms with E-state index in [1.54, 1.807) is 10.6 Å². The van der Waals surface area contributed by atoms with Gasteiger partial charge in [-0.15, -0.1) is 0 Å². The number of aromatic nitrogens is 2. The third-order valence-corrected chi connectivity index (χ3v) is 5.86. The van der Waals surface area contributed by atoms with E-state index < -0.39 is 0 Å².